The Morgan fingerprint density at radius 3 is 1.87 bits per heavy atom. The molecule has 0 aromatic heterocycles. The summed E-state index contributed by atoms with van der Waals surface area (Å²) in [4.78, 5) is 0. The van der Waals surface area contributed by atoms with Gasteiger partial charge in [0.05, 0.1) is 6.61 Å². The molecule has 0 atom stereocenters. The molecule has 0 rings (SSSR count). The van der Waals surface area contributed by atoms with Gasteiger partial charge in [-0.2, -0.15) is 26.3 Å². The SMILES string of the molecule is COCCNCC(C(F)(F)F)C(F)(F)F. The number of halogens is 6. The van der Waals surface area contributed by atoms with E-state index in [9.17, 15) is 26.3 Å². The van der Waals surface area contributed by atoms with E-state index in [0.717, 1.165) is 0 Å². The maximum Gasteiger partial charge on any atom is 0.401 e. The molecule has 0 unspecified atom stereocenters. The van der Waals surface area contributed by atoms with Crippen molar-refractivity contribution in [3.8, 4) is 0 Å². The number of hydrogen-bond acceptors (Lipinski definition) is 2. The zero-order chi connectivity index (χ0) is 12.1. The van der Waals surface area contributed by atoms with Crippen molar-refractivity contribution in [2.75, 3.05) is 26.8 Å². The second kappa shape index (κ2) is 5.55. The minimum absolute atomic E-state index is 0.0564. The number of methoxy groups -OCH3 is 1. The first kappa shape index (κ1) is 14.5. The van der Waals surface area contributed by atoms with E-state index < -0.39 is 24.8 Å². The Morgan fingerprint density at radius 2 is 1.53 bits per heavy atom. The molecule has 0 saturated heterocycles. The normalized spacial score (nSPS) is 13.6. The van der Waals surface area contributed by atoms with Gasteiger partial charge in [0.1, 0.15) is 0 Å². The Balaban J connectivity index is 4.17. The van der Waals surface area contributed by atoms with E-state index in [4.69, 9.17) is 0 Å². The molecule has 92 valence electrons. The molecule has 8 heteroatoms. The molecular formula is C7H11F6NO. The number of rotatable bonds is 5. The third-order valence-corrected chi connectivity index (χ3v) is 1.62. The third kappa shape index (κ3) is 5.83. The highest BCUT2D eigenvalue weighted by Crippen LogP contribution is 2.38. The molecule has 0 aromatic rings. The Labute approximate surface area is 82.6 Å². The van der Waals surface area contributed by atoms with Crippen molar-refractivity contribution < 1.29 is 31.1 Å². The second-order valence-corrected chi connectivity index (χ2v) is 2.83. The molecule has 0 bridgehead atoms. The van der Waals surface area contributed by atoms with Gasteiger partial charge in [-0.15, -0.1) is 0 Å². The molecule has 0 heterocycles. The van der Waals surface area contributed by atoms with Gasteiger partial charge in [-0.1, -0.05) is 0 Å². The highest BCUT2D eigenvalue weighted by molar-refractivity contribution is 4.77. The smallest absolute Gasteiger partial charge is 0.383 e. The van der Waals surface area contributed by atoms with Crippen molar-refractivity contribution in [1.29, 1.82) is 0 Å². The van der Waals surface area contributed by atoms with Crippen LogP contribution in [0.2, 0.25) is 0 Å². The first-order chi connectivity index (χ1) is 6.69. The zero-order valence-corrected chi connectivity index (χ0v) is 7.87. The molecule has 0 amide bonds. The summed E-state index contributed by atoms with van der Waals surface area (Å²) in [7, 11) is 1.30. The first-order valence-electron chi connectivity index (χ1n) is 4.02. The van der Waals surface area contributed by atoms with Crippen molar-refractivity contribution in [2.45, 2.75) is 12.4 Å². The van der Waals surface area contributed by atoms with Gasteiger partial charge >= 0.3 is 12.4 Å². The topological polar surface area (TPSA) is 21.3 Å². The van der Waals surface area contributed by atoms with Crippen LogP contribution in [-0.4, -0.2) is 39.2 Å². The Kier molecular flexibility index (Phi) is 5.36. The molecule has 0 radical (unpaired) electrons. The van der Waals surface area contributed by atoms with Crippen molar-refractivity contribution in [3.63, 3.8) is 0 Å². The van der Waals surface area contributed by atoms with Crippen molar-refractivity contribution in [1.82, 2.24) is 5.32 Å². The van der Waals surface area contributed by atoms with Crippen LogP contribution in [0.1, 0.15) is 0 Å². The largest absolute Gasteiger partial charge is 0.401 e. The van der Waals surface area contributed by atoms with Crippen LogP contribution >= 0.6 is 0 Å². The lowest BCUT2D eigenvalue weighted by molar-refractivity contribution is -0.282. The molecule has 0 aliphatic carbocycles. The Bertz CT molecular complexity index is 163. The number of nitrogens with one attached hydrogen (secondary N) is 1. The maximum atomic E-state index is 11.9. The average Bonchev–Trinajstić information content (AvgIpc) is 1.99. The van der Waals surface area contributed by atoms with Gasteiger partial charge in [0.15, 0.2) is 5.92 Å². The third-order valence-electron chi connectivity index (χ3n) is 1.62. The molecule has 0 spiro atoms. The fourth-order valence-corrected chi connectivity index (χ4v) is 0.838. The molecule has 0 saturated carbocycles. The molecule has 0 aromatic carbocycles. The molecule has 0 aliphatic heterocycles. The molecular weight excluding hydrogens is 228 g/mol. The summed E-state index contributed by atoms with van der Waals surface area (Å²) >= 11 is 0. The molecule has 1 N–H and O–H groups in total. The van der Waals surface area contributed by atoms with E-state index in [1.807, 2.05) is 5.32 Å². The van der Waals surface area contributed by atoms with Crippen LogP contribution < -0.4 is 5.32 Å². The van der Waals surface area contributed by atoms with Gasteiger partial charge in [0, 0.05) is 20.2 Å². The summed E-state index contributed by atoms with van der Waals surface area (Å²) in [6, 6.07) is 0. The fourth-order valence-electron chi connectivity index (χ4n) is 0.838. The summed E-state index contributed by atoms with van der Waals surface area (Å²) in [6.45, 7) is -1.18. The summed E-state index contributed by atoms with van der Waals surface area (Å²) in [5, 5.41) is 2.03. The van der Waals surface area contributed by atoms with Gasteiger partial charge in [-0.3, -0.25) is 0 Å². The average molecular weight is 239 g/mol. The van der Waals surface area contributed by atoms with Crippen LogP contribution in [0.25, 0.3) is 0 Å². The lowest BCUT2D eigenvalue weighted by Crippen LogP contribution is -2.44. The van der Waals surface area contributed by atoms with Gasteiger partial charge in [0.2, 0.25) is 0 Å². The van der Waals surface area contributed by atoms with E-state index in [2.05, 4.69) is 4.74 Å². The van der Waals surface area contributed by atoms with Crippen LogP contribution in [0.4, 0.5) is 26.3 Å². The maximum absolute atomic E-state index is 11.9. The predicted molar refractivity (Wildman–Crippen MR) is 40.3 cm³/mol. The predicted octanol–water partition coefficient (Wildman–Crippen LogP) is 1.96. The van der Waals surface area contributed by atoms with Gasteiger partial charge < -0.3 is 10.1 Å². The quantitative estimate of drug-likeness (QED) is 0.585. The molecule has 2 nitrogen and oxygen atoms in total. The first-order valence-corrected chi connectivity index (χ1v) is 4.02. The Morgan fingerprint density at radius 1 is 1.07 bits per heavy atom. The van der Waals surface area contributed by atoms with Gasteiger partial charge in [-0.25, -0.2) is 0 Å². The fraction of sp³-hybridized carbons (Fsp3) is 1.00. The Hall–Kier alpha value is -0.500. The van der Waals surface area contributed by atoms with E-state index >= 15 is 0 Å². The van der Waals surface area contributed by atoms with Crippen LogP contribution in [0, 0.1) is 5.92 Å². The lowest BCUT2D eigenvalue weighted by atomic mass is 10.1. The van der Waals surface area contributed by atoms with Crippen LogP contribution in [-0.2, 0) is 4.74 Å². The summed E-state index contributed by atoms with van der Waals surface area (Å²) in [5.41, 5.74) is 0. The standard InChI is InChI=1S/C7H11F6NO/c1-15-3-2-14-4-5(6(8,9)10)7(11,12)13/h5,14H,2-4H2,1H3. The minimum Gasteiger partial charge on any atom is -0.383 e. The second-order valence-electron chi connectivity index (χ2n) is 2.83. The monoisotopic (exact) mass is 239 g/mol. The van der Waals surface area contributed by atoms with Gasteiger partial charge in [0.25, 0.3) is 0 Å². The van der Waals surface area contributed by atoms with E-state index in [1.54, 1.807) is 0 Å². The number of ether oxygens (including phenoxy) is 1. The van der Waals surface area contributed by atoms with E-state index in [1.165, 1.54) is 7.11 Å². The van der Waals surface area contributed by atoms with E-state index in [-0.39, 0.29) is 13.2 Å². The molecule has 0 aliphatic rings. The number of hydrogen-bond donors (Lipinski definition) is 1. The highest BCUT2D eigenvalue weighted by Gasteiger charge is 2.56. The van der Waals surface area contributed by atoms with Gasteiger partial charge in [-0.05, 0) is 0 Å². The van der Waals surface area contributed by atoms with Crippen LogP contribution in [0.5, 0.6) is 0 Å². The summed E-state index contributed by atoms with van der Waals surface area (Å²) in [6.07, 6.45) is -10.6. The van der Waals surface area contributed by atoms with Crippen molar-refractivity contribution in [3.05, 3.63) is 0 Å². The van der Waals surface area contributed by atoms with Crippen LogP contribution in [0.15, 0.2) is 0 Å². The number of alkyl halides is 6. The zero-order valence-electron chi connectivity index (χ0n) is 7.87. The molecule has 15 heavy (non-hydrogen) atoms. The molecule has 0 fully saturated rings. The van der Waals surface area contributed by atoms with Crippen LogP contribution in [0.3, 0.4) is 0 Å². The van der Waals surface area contributed by atoms with Crippen molar-refractivity contribution >= 4 is 0 Å². The minimum atomic E-state index is -5.28. The van der Waals surface area contributed by atoms with E-state index in [0.29, 0.717) is 0 Å². The summed E-state index contributed by atoms with van der Waals surface area (Å²) in [5.74, 6) is -3.33. The highest BCUT2D eigenvalue weighted by atomic mass is 19.4. The van der Waals surface area contributed by atoms with Crippen molar-refractivity contribution in [2.24, 2.45) is 5.92 Å². The lowest BCUT2D eigenvalue weighted by Gasteiger charge is -2.23. The summed E-state index contributed by atoms with van der Waals surface area (Å²) < 4.78 is 76.1.